The van der Waals surface area contributed by atoms with Crippen molar-refractivity contribution >= 4 is 17.0 Å². The smallest absolute Gasteiger partial charge is 0.165 e. The third-order valence-corrected chi connectivity index (χ3v) is 3.63. The Kier molecular flexibility index (Phi) is 5.32. The van der Waals surface area contributed by atoms with E-state index in [4.69, 9.17) is 5.73 Å². The molecule has 0 aliphatic heterocycles. The molecule has 0 atom stereocenters. The van der Waals surface area contributed by atoms with Gasteiger partial charge in [-0.2, -0.15) is 0 Å². The Morgan fingerprint density at radius 2 is 1.80 bits per heavy atom. The molecule has 2 N–H and O–H groups in total. The molecule has 0 amide bonds. The Balaban J connectivity index is 2.27. The summed E-state index contributed by atoms with van der Waals surface area (Å²) in [6, 6.07) is 0. The molecule has 2 aromatic rings. The fourth-order valence-electron chi connectivity index (χ4n) is 2.48. The zero-order valence-corrected chi connectivity index (χ0v) is 12.6. The Labute approximate surface area is 120 Å². The van der Waals surface area contributed by atoms with E-state index in [9.17, 15) is 0 Å². The molecular formula is C15H25N5. The second-order valence-corrected chi connectivity index (χ2v) is 5.28. The van der Waals surface area contributed by atoms with Crippen LogP contribution in [0.4, 0.5) is 5.82 Å². The van der Waals surface area contributed by atoms with Crippen molar-refractivity contribution in [2.75, 3.05) is 5.73 Å². The van der Waals surface area contributed by atoms with Gasteiger partial charge >= 0.3 is 0 Å². The number of aromatic nitrogens is 4. The number of hydrogen-bond acceptors (Lipinski definition) is 4. The van der Waals surface area contributed by atoms with Gasteiger partial charge in [-0.25, -0.2) is 15.0 Å². The van der Waals surface area contributed by atoms with E-state index in [1.807, 2.05) is 0 Å². The van der Waals surface area contributed by atoms with Crippen LogP contribution in [0.2, 0.25) is 0 Å². The van der Waals surface area contributed by atoms with Crippen LogP contribution in [-0.4, -0.2) is 19.5 Å². The number of imidazole rings is 1. The van der Waals surface area contributed by atoms with Gasteiger partial charge in [0.25, 0.3) is 0 Å². The van der Waals surface area contributed by atoms with Crippen LogP contribution < -0.4 is 5.73 Å². The summed E-state index contributed by atoms with van der Waals surface area (Å²) in [5.74, 6) is 1.60. The van der Waals surface area contributed by atoms with Gasteiger partial charge in [-0.3, -0.25) is 0 Å². The number of nitrogen functional groups attached to an aromatic ring is 1. The average Bonchev–Trinajstić information content (AvgIpc) is 2.79. The van der Waals surface area contributed by atoms with E-state index in [-0.39, 0.29) is 0 Å². The third-order valence-electron chi connectivity index (χ3n) is 3.63. The maximum absolute atomic E-state index is 5.92. The minimum atomic E-state index is 0.487. The van der Waals surface area contributed by atoms with Gasteiger partial charge in [0.15, 0.2) is 17.0 Å². The summed E-state index contributed by atoms with van der Waals surface area (Å²) in [6.45, 7) is 5.41. The molecule has 0 saturated carbocycles. The largest absolute Gasteiger partial charge is 0.382 e. The van der Waals surface area contributed by atoms with Crippen molar-refractivity contribution in [2.24, 2.45) is 0 Å². The molecule has 0 aliphatic carbocycles. The van der Waals surface area contributed by atoms with Crippen molar-refractivity contribution in [3.63, 3.8) is 0 Å². The van der Waals surface area contributed by atoms with Gasteiger partial charge in [0.05, 0.1) is 0 Å². The lowest BCUT2D eigenvalue weighted by atomic mass is 10.2. The molecule has 0 bridgehead atoms. The second kappa shape index (κ2) is 7.22. The Morgan fingerprint density at radius 3 is 2.55 bits per heavy atom. The highest BCUT2D eigenvalue weighted by Crippen LogP contribution is 2.20. The lowest BCUT2D eigenvalue weighted by Gasteiger charge is -2.08. The first kappa shape index (κ1) is 14.8. The summed E-state index contributed by atoms with van der Waals surface area (Å²) >= 11 is 0. The number of fused-ring (bicyclic) bond motifs is 1. The highest BCUT2D eigenvalue weighted by Gasteiger charge is 2.13. The van der Waals surface area contributed by atoms with E-state index >= 15 is 0 Å². The molecule has 0 unspecified atom stereocenters. The predicted molar refractivity (Wildman–Crippen MR) is 82.5 cm³/mol. The fraction of sp³-hybridized carbons (Fsp3) is 0.667. The molecule has 20 heavy (non-hydrogen) atoms. The van der Waals surface area contributed by atoms with Crippen LogP contribution in [0.1, 0.15) is 58.2 Å². The van der Waals surface area contributed by atoms with E-state index in [1.54, 1.807) is 0 Å². The van der Waals surface area contributed by atoms with Gasteiger partial charge < -0.3 is 10.3 Å². The molecular weight excluding hydrogens is 250 g/mol. The van der Waals surface area contributed by atoms with Crippen LogP contribution in [0, 0.1) is 0 Å². The number of nitrogens with zero attached hydrogens (tertiary/aromatic N) is 4. The standard InChI is InChI=1S/C15H25N5/c1-3-5-7-9-12-19-13-14(16)17-11-18-15(13)20(12)10-8-6-4-2/h11H,3-10H2,1-2H3,(H2,16,17,18). The highest BCUT2D eigenvalue weighted by molar-refractivity contribution is 5.81. The number of hydrogen-bond donors (Lipinski definition) is 1. The minimum Gasteiger partial charge on any atom is -0.382 e. The number of unbranched alkanes of at least 4 members (excludes halogenated alkanes) is 4. The summed E-state index contributed by atoms with van der Waals surface area (Å²) in [5, 5.41) is 0. The monoisotopic (exact) mass is 275 g/mol. The molecule has 2 aromatic heterocycles. The molecule has 0 aliphatic rings. The summed E-state index contributed by atoms with van der Waals surface area (Å²) in [5.41, 5.74) is 7.57. The predicted octanol–water partition coefficient (Wildman–Crippen LogP) is 3.33. The van der Waals surface area contributed by atoms with Gasteiger partial charge in [0.1, 0.15) is 12.2 Å². The quantitative estimate of drug-likeness (QED) is 0.750. The van der Waals surface area contributed by atoms with Crippen LogP contribution in [0.15, 0.2) is 6.33 Å². The first-order chi connectivity index (χ1) is 9.77. The highest BCUT2D eigenvalue weighted by atomic mass is 15.1. The summed E-state index contributed by atoms with van der Waals surface area (Å²) < 4.78 is 2.23. The average molecular weight is 275 g/mol. The molecule has 0 radical (unpaired) electrons. The van der Waals surface area contributed by atoms with Crippen LogP contribution in [0.5, 0.6) is 0 Å². The van der Waals surface area contributed by atoms with Gasteiger partial charge in [-0.05, 0) is 12.8 Å². The lowest BCUT2D eigenvalue weighted by molar-refractivity contribution is 0.576. The SMILES string of the molecule is CCCCCc1nc2c(N)ncnc2n1CCCCC. The molecule has 0 saturated heterocycles. The van der Waals surface area contributed by atoms with Crippen molar-refractivity contribution in [3.8, 4) is 0 Å². The molecule has 0 spiro atoms. The first-order valence-corrected chi connectivity index (χ1v) is 7.73. The van der Waals surface area contributed by atoms with Gasteiger partial charge in [0.2, 0.25) is 0 Å². The first-order valence-electron chi connectivity index (χ1n) is 7.73. The maximum atomic E-state index is 5.92. The van der Waals surface area contributed by atoms with Crippen molar-refractivity contribution in [1.82, 2.24) is 19.5 Å². The van der Waals surface area contributed by atoms with Gasteiger partial charge in [-0.1, -0.05) is 39.5 Å². The molecule has 2 heterocycles. The maximum Gasteiger partial charge on any atom is 0.165 e. The van der Waals surface area contributed by atoms with Crippen LogP contribution >= 0.6 is 0 Å². The number of rotatable bonds is 8. The summed E-state index contributed by atoms with van der Waals surface area (Å²) in [4.78, 5) is 13.1. The summed E-state index contributed by atoms with van der Waals surface area (Å²) in [6.07, 6.45) is 9.76. The van der Waals surface area contributed by atoms with Crippen molar-refractivity contribution in [1.29, 1.82) is 0 Å². The Morgan fingerprint density at radius 1 is 1.05 bits per heavy atom. The fourth-order valence-corrected chi connectivity index (χ4v) is 2.48. The van der Waals surface area contributed by atoms with E-state index in [1.165, 1.54) is 38.4 Å². The molecule has 110 valence electrons. The lowest BCUT2D eigenvalue weighted by Crippen LogP contribution is -2.05. The van der Waals surface area contributed by atoms with Crippen molar-refractivity contribution in [2.45, 2.75) is 65.3 Å². The minimum absolute atomic E-state index is 0.487. The molecule has 5 nitrogen and oxygen atoms in total. The zero-order valence-electron chi connectivity index (χ0n) is 12.6. The van der Waals surface area contributed by atoms with E-state index in [0.717, 1.165) is 36.4 Å². The third kappa shape index (κ3) is 3.26. The van der Waals surface area contributed by atoms with E-state index in [2.05, 4.69) is 33.4 Å². The van der Waals surface area contributed by atoms with Crippen molar-refractivity contribution in [3.05, 3.63) is 12.2 Å². The Hall–Kier alpha value is -1.65. The molecule has 0 fully saturated rings. The molecule has 0 aromatic carbocycles. The van der Waals surface area contributed by atoms with E-state index in [0.29, 0.717) is 5.82 Å². The summed E-state index contributed by atoms with van der Waals surface area (Å²) in [7, 11) is 0. The van der Waals surface area contributed by atoms with Gasteiger partial charge in [0, 0.05) is 13.0 Å². The van der Waals surface area contributed by atoms with E-state index < -0.39 is 0 Å². The second-order valence-electron chi connectivity index (χ2n) is 5.28. The number of nitrogens with two attached hydrogens (primary N) is 1. The molecule has 2 rings (SSSR count). The topological polar surface area (TPSA) is 69.6 Å². The van der Waals surface area contributed by atoms with Crippen molar-refractivity contribution < 1.29 is 0 Å². The number of aryl methyl sites for hydroxylation is 2. The molecule has 5 heteroatoms. The normalized spacial score (nSPS) is 11.3. The van der Waals surface area contributed by atoms with Gasteiger partial charge in [-0.15, -0.1) is 0 Å². The Bertz CT molecular complexity index is 546. The van der Waals surface area contributed by atoms with Crippen LogP contribution in [0.25, 0.3) is 11.2 Å². The van der Waals surface area contributed by atoms with Crippen LogP contribution in [-0.2, 0) is 13.0 Å². The zero-order chi connectivity index (χ0) is 14.4. The number of anilines is 1. The van der Waals surface area contributed by atoms with Crippen LogP contribution in [0.3, 0.4) is 0 Å².